The molecule has 2 saturated heterocycles. The third-order valence-electron chi connectivity index (χ3n) is 8.29. The summed E-state index contributed by atoms with van der Waals surface area (Å²) in [5, 5.41) is 3.01. The summed E-state index contributed by atoms with van der Waals surface area (Å²) in [6, 6.07) is 12.5. The number of hydrogen-bond acceptors (Lipinski definition) is 7. The minimum atomic E-state index is -5.76. The largest absolute Gasteiger partial charge is 0.399 e. The highest BCUT2D eigenvalue weighted by Crippen LogP contribution is 2.59. The van der Waals surface area contributed by atoms with E-state index in [2.05, 4.69) is 5.32 Å². The number of alkyl halides is 2. The average Bonchev–Trinajstić information content (AvgIpc) is 3.70. The van der Waals surface area contributed by atoms with Crippen LogP contribution in [-0.2, 0) is 24.6 Å². The molecule has 3 N–H and O–H groups in total. The van der Waals surface area contributed by atoms with E-state index in [1.54, 1.807) is 9.80 Å². The number of nitrogens with one attached hydrogen (secondary N) is 1. The van der Waals surface area contributed by atoms with Gasteiger partial charge in [0.05, 0.1) is 18.0 Å². The molecule has 3 unspecified atom stereocenters. The van der Waals surface area contributed by atoms with Gasteiger partial charge >= 0.3 is 13.3 Å². The Bertz CT molecular complexity index is 1630. The lowest BCUT2D eigenvalue weighted by Crippen LogP contribution is -2.56. The van der Waals surface area contributed by atoms with Gasteiger partial charge in [-0.05, 0) is 69.1 Å². The molecule has 0 saturated carbocycles. The molecular weight excluding hydrogens is 641 g/mol. The lowest BCUT2D eigenvalue weighted by Gasteiger charge is -2.37. The van der Waals surface area contributed by atoms with Gasteiger partial charge in [-0.3, -0.25) is 18.9 Å². The van der Waals surface area contributed by atoms with Crippen LogP contribution in [0.1, 0.15) is 46.2 Å². The van der Waals surface area contributed by atoms with Crippen LogP contribution in [0.5, 0.6) is 0 Å². The highest BCUT2D eigenvalue weighted by molar-refractivity contribution is 7.52. The van der Waals surface area contributed by atoms with E-state index in [9.17, 15) is 27.7 Å². The summed E-state index contributed by atoms with van der Waals surface area (Å²) in [6.45, 7) is 2.00. The van der Waals surface area contributed by atoms with E-state index in [1.807, 2.05) is 49.3 Å². The van der Waals surface area contributed by atoms with Gasteiger partial charge in [0.2, 0.25) is 11.8 Å². The smallest absolute Gasteiger partial charge is 0.370 e. The van der Waals surface area contributed by atoms with Gasteiger partial charge in [-0.1, -0.05) is 36.4 Å². The molecule has 0 bridgehead atoms. The molecule has 2 aromatic carbocycles. The predicted octanol–water partition coefficient (Wildman–Crippen LogP) is 3.77. The number of carbonyl (C=O) groups excluding carboxylic acids is 3. The quantitative estimate of drug-likeness (QED) is 0.276. The molecule has 3 heterocycles. The number of nitrogens with zero attached hydrogens (tertiary/aromatic N) is 3. The summed E-state index contributed by atoms with van der Waals surface area (Å²) in [5.74, 6) is -1.12. The van der Waals surface area contributed by atoms with Crippen LogP contribution in [0, 0.1) is 0 Å². The standard InChI is InChI=1S/C31H37F2N4O7PS/c1-35(2)14-12-23(34-28(38)27-18-21-17-22(10-11-26(21)46-27)31(32,33)45(41,42)43)29(39)37-13-6-9-24(37)30(40)36-15-16-44-25(19-36)20-7-4-3-5-8-20/h3-5,7-8,10-11,17-18,23-25H,6,9,12-16,19H2,1-2H3,(H,34,38)(H2,41,42,43). The van der Waals surface area contributed by atoms with Crippen LogP contribution < -0.4 is 5.32 Å². The average molecular weight is 679 g/mol. The van der Waals surface area contributed by atoms with Crippen molar-refractivity contribution in [3.63, 3.8) is 0 Å². The van der Waals surface area contributed by atoms with Crippen molar-refractivity contribution >= 4 is 46.7 Å². The third kappa shape index (κ3) is 7.32. The van der Waals surface area contributed by atoms with E-state index in [1.165, 1.54) is 12.1 Å². The maximum atomic E-state index is 14.3. The van der Waals surface area contributed by atoms with Gasteiger partial charge in [0.25, 0.3) is 5.91 Å². The number of fused-ring (bicyclic) bond motifs is 1. The summed E-state index contributed by atoms with van der Waals surface area (Å²) in [6.07, 6.45) is 1.15. The van der Waals surface area contributed by atoms with E-state index in [-0.39, 0.29) is 34.6 Å². The SMILES string of the molecule is CN(C)CCC(NC(=O)c1cc2cc(C(F)(F)P(=O)(O)O)ccc2s1)C(=O)N1CCCC1C(=O)N1CCOC(c2ccccc2)C1. The molecule has 11 nitrogen and oxygen atoms in total. The molecule has 2 aliphatic rings. The predicted molar refractivity (Wildman–Crippen MR) is 169 cm³/mol. The first-order chi connectivity index (χ1) is 21.8. The Morgan fingerprint density at radius 1 is 1.13 bits per heavy atom. The number of morpholine rings is 1. The minimum absolute atomic E-state index is 0.142. The summed E-state index contributed by atoms with van der Waals surface area (Å²) in [5.41, 5.74) is -4.28. The van der Waals surface area contributed by atoms with Crippen molar-refractivity contribution in [2.24, 2.45) is 0 Å². The molecule has 0 spiro atoms. The van der Waals surface area contributed by atoms with Gasteiger partial charge < -0.3 is 34.5 Å². The first kappa shape index (κ1) is 34.1. The molecule has 0 radical (unpaired) electrons. The van der Waals surface area contributed by atoms with Crippen LogP contribution >= 0.6 is 18.9 Å². The number of thiophene rings is 1. The summed E-state index contributed by atoms with van der Waals surface area (Å²) >= 11 is 1.01. The maximum Gasteiger partial charge on any atom is 0.399 e. The van der Waals surface area contributed by atoms with Crippen LogP contribution in [0.2, 0.25) is 0 Å². The van der Waals surface area contributed by atoms with Crippen molar-refractivity contribution in [2.45, 2.75) is 43.1 Å². The van der Waals surface area contributed by atoms with Crippen LogP contribution in [0.25, 0.3) is 10.1 Å². The van der Waals surface area contributed by atoms with E-state index >= 15 is 0 Å². The van der Waals surface area contributed by atoms with E-state index in [0.717, 1.165) is 29.0 Å². The van der Waals surface area contributed by atoms with E-state index in [0.29, 0.717) is 50.3 Å². The van der Waals surface area contributed by atoms with Gasteiger partial charge in [0, 0.05) is 23.4 Å². The molecule has 15 heteroatoms. The van der Waals surface area contributed by atoms with Gasteiger partial charge in [-0.2, -0.15) is 8.78 Å². The van der Waals surface area contributed by atoms with Crippen LogP contribution in [0.15, 0.2) is 54.6 Å². The fraction of sp³-hybridized carbons (Fsp3) is 0.452. The van der Waals surface area contributed by atoms with Gasteiger partial charge in [0.1, 0.15) is 18.2 Å². The monoisotopic (exact) mass is 678 g/mol. The zero-order valence-electron chi connectivity index (χ0n) is 25.5. The number of hydrogen-bond donors (Lipinski definition) is 3. The second-order valence-corrected chi connectivity index (χ2v) is 14.5. The number of likely N-dealkylation sites (tertiary alicyclic amines) is 1. The van der Waals surface area contributed by atoms with Crippen molar-refractivity contribution in [1.29, 1.82) is 0 Å². The van der Waals surface area contributed by atoms with Crippen molar-refractivity contribution < 1.29 is 42.3 Å². The minimum Gasteiger partial charge on any atom is -0.370 e. The Labute approximate surface area is 269 Å². The van der Waals surface area contributed by atoms with Crippen molar-refractivity contribution in [3.05, 3.63) is 70.6 Å². The molecule has 1 aromatic heterocycles. The van der Waals surface area contributed by atoms with Crippen LogP contribution in [0.4, 0.5) is 8.78 Å². The fourth-order valence-corrected chi connectivity index (χ4v) is 7.22. The summed E-state index contributed by atoms with van der Waals surface area (Å²) in [4.78, 5) is 64.7. The number of amides is 3. The second-order valence-electron chi connectivity index (χ2n) is 11.8. The maximum absolute atomic E-state index is 14.3. The fourth-order valence-electron chi connectivity index (χ4n) is 5.80. The number of ether oxygens (including phenoxy) is 1. The van der Waals surface area contributed by atoms with Crippen molar-refractivity contribution in [2.75, 3.05) is 46.9 Å². The normalized spacial score (nSPS) is 19.9. The van der Waals surface area contributed by atoms with Crippen molar-refractivity contribution in [3.8, 4) is 0 Å². The first-order valence-electron chi connectivity index (χ1n) is 14.9. The van der Waals surface area contributed by atoms with Gasteiger partial charge in [-0.25, -0.2) is 0 Å². The zero-order chi connectivity index (χ0) is 33.2. The number of carbonyl (C=O) groups is 3. The Kier molecular flexibility index (Phi) is 10.3. The van der Waals surface area contributed by atoms with Crippen LogP contribution in [-0.4, -0.2) is 101 Å². The molecule has 46 heavy (non-hydrogen) atoms. The molecule has 5 rings (SSSR count). The number of benzene rings is 2. The molecule has 2 aliphatic heterocycles. The number of halogens is 2. The molecule has 3 aromatic rings. The van der Waals surface area contributed by atoms with E-state index in [4.69, 9.17) is 14.5 Å². The van der Waals surface area contributed by atoms with Gasteiger partial charge in [-0.15, -0.1) is 11.3 Å². The Hall–Kier alpha value is -3.26. The third-order valence-corrected chi connectivity index (χ3v) is 10.4. The summed E-state index contributed by atoms with van der Waals surface area (Å²) < 4.78 is 46.3. The van der Waals surface area contributed by atoms with E-state index < -0.39 is 36.8 Å². The molecule has 3 atom stereocenters. The Morgan fingerprint density at radius 2 is 1.87 bits per heavy atom. The molecular formula is C31H37F2N4O7PS. The zero-order valence-corrected chi connectivity index (χ0v) is 27.2. The van der Waals surface area contributed by atoms with Gasteiger partial charge in [0.15, 0.2) is 0 Å². The Balaban J connectivity index is 1.32. The Morgan fingerprint density at radius 3 is 2.57 bits per heavy atom. The lowest BCUT2D eigenvalue weighted by molar-refractivity contribution is -0.149. The first-order valence-corrected chi connectivity index (χ1v) is 17.4. The van der Waals surface area contributed by atoms with Crippen molar-refractivity contribution in [1.82, 2.24) is 20.0 Å². The topological polar surface area (TPSA) is 140 Å². The highest BCUT2D eigenvalue weighted by Gasteiger charge is 2.50. The number of rotatable bonds is 10. The highest BCUT2D eigenvalue weighted by atomic mass is 32.1. The van der Waals surface area contributed by atoms with Crippen LogP contribution in [0.3, 0.4) is 0 Å². The second kappa shape index (κ2) is 13.8. The molecule has 248 valence electrons. The summed E-state index contributed by atoms with van der Waals surface area (Å²) in [7, 11) is -2.09. The molecule has 0 aliphatic carbocycles. The molecule has 3 amide bonds. The molecule has 2 fully saturated rings. The lowest BCUT2D eigenvalue weighted by atomic mass is 10.1.